The summed E-state index contributed by atoms with van der Waals surface area (Å²) in [5, 5.41) is 0. The number of nitrogens with two attached hydrogens (primary N) is 1. The average Bonchev–Trinajstić information content (AvgIpc) is 2.29. The van der Waals surface area contributed by atoms with Crippen molar-refractivity contribution >= 4 is 15.9 Å². The van der Waals surface area contributed by atoms with Gasteiger partial charge in [-0.3, -0.25) is 0 Å². The van der Waals surface area contributed by atoms with Crippen LogP contribution >= 0.6 is 15.9 Å². The minimum Gasteiger partial charge on any atom is -0.427 e. The Morgan fingerprint density at radius 2 is 1.80 bits per heavy atom. The topological polar surface area (TPSA) is 44.5 Å². The largest absolute Gasteiger partial charge is 0.525 e. The van der Waals surface area contributed by atoms with Crippen molar-refractivity contribution in [2.45, 2.75) is 25.4 Å². The lowest BCUT2D eigenvalue weighted by Gasteiger charge is -2.22. The van der Waals surface area contributed by atoms with Crippen LogP contribution < -0.4 is 10.5 Å². The fraction of sp³-hybridized carbons (Fsp3) is 0.400. The van der Waals surface area contributed by atoms with Crippen molar-refractivity contribution in [3.05, 3.63) is 28.2 Å². The molecule has 0 aliphatic rings. The van der Waals surface area contributed by atoms with E-state index in [2.05, 4.69) is 25.4 Å². The van der Waals surface area contributed by atoms with Gasteiger partial charge in [0.15, 0.2) is 0 Å². The molecule has 0 aliphatic heterocycles. The number of benzene rings is 1. The molecule has 20 heavy (non-hydrogen) atoms. The Bertz CT molecular complexity index is 468. The maximum atomic E-state index is 13.1. The standard InChI is InChI=1S/C10H8BrF6NO2/c11-6-3-5(4-18)1-2-7(6)19-9(13,14)8(12)20-10(15,16)17/h1-3,8H,4,18H2. The number of rotatable bonds is 5. The summed E-state index contributed by atoms with van der Waals surface area (Å²) in [6.07, 6.45) is -14.4. The Kier molecular flexibility index (Phi) is 5.27. The lowest BCUT2D eigenvalue weighted by molar-refractivity contribution is -0.411. The van der Waals surface area contributed by atoms with E-state index in [1.807, 2.05) is 0 Å². The summed E-state index contributed by atoms with van der Waals surface area (Å²) < 4.78 is 80.6. The van der Waals surface area contributed by atoms with Gasteiger partial charge < -0.3 is 10.5 Å². The zero-order valence-corrected chi connectivity index (χ0v) is 11.1. The first-order valence-corrected chi connectivity index (χ1v) is 5.78. The minimum atomic E-state index is -5.55. The highest BCUT2D eigenvalue weighted by Crippen LogP contribution is 2.35. The Morgan fingerprint density at radius 1 is 1.20 bits per heavy atom. The van der Waals surface area contributed by atoms with Gasteiger partial charge in [0.05, 0.1) is 4.47 Å². The van der Waals surface area contributed by atoms with E-state index < -0.39 is 24.6 Å². The molecule has 2 N–H and O–H groups in total. The fourth-order valence-corrected chi connectivity index (χ4v) is 1.64. The van der Waals surface area contributed by atoms with Crippen LogP contribution in [0.25, 0.3) is 0 Å². The van der Waals surface area contributed by atoms with Crippen LogP contribution in [0.2, 0.25) is 0 Å². The van der Waals surface area contributed by atoms with Gasteiger partial charge in [-0.15, -0.1) is 13.2 Å². The van der Waals surface area contributed by atoms with E-state index in [0.29, 0.717) is 5.56 Å². The van der Waals surface area contributed by atoms with E-state index in [1.165, 1.54) is 12.1 Å². The van der Waals surface area contributed by atoms with Gasteiger partial charge in [0, 0.05) is 6.54 Å². The first-order valence-electron chi connectivity index (χ1n) is 4.99. The number of alkyl halides is 6. The van der Waals surface area contributed by atoms with Crippen LogP contribution in [0.5, 0.6) is 5.75 Å². The molecule has 0 spiro atoms. The Labute approximate surface area is 117 Å². The van der Waals surface area contributed by atoms with Gasteiger partial charge in [-0.1, -0.05) is 6.07 Å². The summed E-state index contributed by atoms with van der Waals surface area (Å²) in [6.45, 7) is 0.109. The Balaban J connectivity index is 2.85. The first-order chi connectivity index (χ1) is 9.05. The van der Waals surface area contributed by atoms with Crippen molar-refractivity contribution in [2.24, 2.45) is 5.73 Å². The van der Waals surface area contributed by atoms with Crippen molar-refractivity contribution in [2.75, 3.05) is 0 Å². The summed E-state index contributed by atoms with van der Waals surface area (Å²) in [7, 11) is 0. The SMILES string of the molecule is NCc1ccc(OC(F)(F)C(F)OC(F)(F)F)c(Br)c1. The van der Waals surface area contributed by atoms with Crippen LogP contribution in [0.3, 0.4) is 0 Å². The van der Waals surface area contributed by atoms with Crippen LogP contribution in [0.15, 0.2) is 22.7 Å². The monoisotopic (exact) mass is 367 g/mol. The van der Waals surface area contributed by atoms with E-state index in [9.17, 15) is 26.3 Å². The maximum absolute atomic E-state index is 13.1. The minimum absolute atomic E-state index is 0.0145. The molecule has 0 bridgehead atoms. The van der Waals surface area contributed by atoms with Crippen LogP contribution in [0, 0.1) is 0 Å². The smallest absolute Gasteiger partial charge is 0.427 e. The van der Waals surface area contributed by atoms with Crippen LogP contribution in [-0.2, 0) is 11.3 Å². The number of ether oxygens (including phenoxy) is 2. The highest BCUT2D eigenvalue weighted by molar-refractivity contribution is 9.10. The molecule has 114 valence electrons. The highest BCUT2D eigenvalue weighted by atomic mass is 79.9. The van der Waals surface area contributed by atoms with Gasteiger partial charge in [0.25, 0.3) is 0 Å². The molecular weight excluding hydrogens is 360 g/mol. The second-order valence-electron chi connectivity index (χ2n) is 3.51. The lowest BCUT2D eigenvalue weighted by atomic mass is 10.2. The third-order valence-corrected chi connectivity index (χ3v) is 2.60. The maximum Gasteiger partial charge on any atom is 0.525 e. The van der Waals surface area contributed by atoms with Gasteiger partial charge >= 0.3 is 18.8 Å². The summed E-state index contributed by atoms with van der Waals surface area (Å²) in [6, 6.07) is 3.62. The van der Waals surface area contributed by atoms with E-state index >= 15 is 0 Å². The Hall–Kier alpha value is -1.00. The molecule has 0 radical (unpaired) electrons. The van der Waals surface area contributed by atoms with Crippen molar-refractivity contribution in [3.8, 4) is 5.75 Å². The molecule has 0 aliphatic carbocycles. The van der Waals surface area contributed by atoms with E-state index in [-0.39, 0.29) is 11.0 Å². The van der Waals surface area contributed by atoms with Gasteiger partial charge in [0.2, 0.25) is 0 Å². The van der Waals surface area contributed by atoms with E-state index in [0.717, 1.165) is 6.07 Å². The molecule has 0 saturated heterocycles. The second kappa shape index (κ2) is 6.19. The highest BCUT2D eigenvalue weighted by Gasteiger charge is 2.50. The quantitative estimate of drug-likeness (QED) is 0.806. The van der Waals surface area contributed by atoms with Gasteiger partial charge in [0.1, 0.15) is 5.75 Å². The predicted octanol–water partition coefficient (Wildman–Crippen LogP) is 3.71. The molecule has 0 aromatic heterocycles. The average molecular weight is 368 g/mol. The van der Waals surface area contributed by atoms with Crippen LogP contribution in [0.1, 0.15) is 5.56 Å². The fourth-order valence-electron chi connectivity index (χ4n) is 1.13. The zero-order chi connectivity index (χ0) is 15.6. The number of hydrogen-bond acceptors (Lipinski definition) is 3. The van der Waals surface area contributed by atoms with Gasteiger partial charge in [-0.2, -0.15) is 8.78 Å². The normalized spacial score (nSPS) is 14.2. The summed E-state index contributed by atoms with van der Waals surface area (Å²) in [5.74, 6) is -0.555. The molecule has 1 rings (SSSR count). The predicted molar refractivity (Wildman–Crippen MR) is 59.6 cm³/mol. The Morgan fingerprint density at radius 3 is 2.25 bits per heavy atom. The summed E-state index contributed by atoms with van der Waals surface area (Å²) in [5.41, 5.74) is 5.85. The van der Waals surface area contributed by atoms with Crippen molar-refractivity contribution in [1.82, 2.24) is 0 Å². The molecule has 1 aromatic rings. The molecule has 0 heterocycles. The van der Waals surface area contributed by atoms with Gasteiger partial charge in [-0.25, -0.2) is 9.13 Å². The number of hydrogen-bond donors (Lipinski definition) is 1. The molecule has 1 aromatic carbocycles. The first kappa shape index (κ1) is 17.1. The lowest BCUT2D eigenvalue weighted by Crippen LogP contribution is -2.41. The number of halogens is 7. The van der Waals surface area contributed by atoms with Crippen molar-refractivity contribution in [1.29, 1.82) is 0 Å². The third kappa shape index (κ3) is 4.84. The van der Waals surface area contributed by atoms with E-state index in [4.69, 9.17) is 5.73 Å². The van der Waals surface area contributed by atoms with E-state index in [1.54, 1.807) is 0 Å². The molecule has 0 amide bonds. The molecule has 1 atom stereocenters. The molecule has 0 saturated carbocycles. The third-order valence-electron chi connectivity index (χ3n) is 1.98. The molecular formula is C10H8BrF6NO2. The van der Waals surface area contributed by atoms with Gasteiger partial charge in [-0.05, 0) is 33.6 Å². The molecule has 0 fully saturated rings. The molecule has 10 heteroatoms. The van der Waals surface area contributed by atoms with Crippen molar-refractivity contribution < 1.29 is 35.8 Å². The van der Waals surface area contributed by atoms with Crippen molar-refractivity contribution in [3.63, 3.8) is 0 Å². The van der Waals surface area contributed by atoms with Crippen LogP contribution in [0.4, 0.5) is 26.3 Å². The van der Waals surface area contributed by atoms with Crippen LogP contribution in [-0.4, -0.2) is 18.8 Å². The molecule has 3 nitrogen and oxygen atoms in total. The summed E-state index contributed by atoms with van der Waals surface area (Å²) in [4.78, 5) is 0. The zero-order valence-electron chi connectivity index (χ0n) is 9.56. The second-order valence-corrected chi connectivity index (χ2v) is 4.37. The summed E-state index contributed by atoms with van der Waals surface area (Å²) >= 11 is 2.85. The molecule has 1 unspecified atom stereocenters.